The molecule has 0 spiro atoms. The van der Waals surface area contributed by atoms with Gasteiger partial charge in [0.2, 0.25) is 0 Å². The fourth-order valence-corrected chi connectivity index (χ4v) is 3.14. The van der Waals surface area contributed by atoms with Crippen molar-refractivity contribution in [1.29, 1.82) is 5.26 Å². The van der Waals surface area contributed by atoms with Gasteiger partial charge in [-0.1, -0.05) is 42.5 Å². The van der Waals surface area contributed by atoms with Crippen LogP contribution in [0.4, 0.5) is 10.8 Å². The van der Waals surface area contributed by atoms with E-state index in [4.69, 9.17) is 0 Å². The number of hydrogen-bond acceptors (Lipinski definition) is 5. The molecule has 1 amide bonds. The Balaban J connectivity index is 1.74. The summed E-state index contributed by atoms with van der Waals surface area (Å²) in [6, 6.07) is 19.3. The summed E-state index contributed by atoms with van der Waals surface area (Å²) in [5.74, 6) is -0.469. The molecule has 0 atom stereocenters. The van der Waals surface area contributed by atoms with Crippen molar-refractivity contribution in [2.75, 3.05) is 24.3 Å². The summed E-state index contributed by atoms with van der Waals surface area (Å²) in [4.78, 5) is 18.8. The van der Waals surface area contributed by atoms with Crippen LogP contribution in [0.1, 0.15) is 5.56 Å². The summed E-state index contributed by atoms with van der Waals surface area (Å²) < 4.78 is 0. The molecule has 27 heavy (non-hydrogen) atoms. The monoisotopic (exact) mass is 374 g/mol. The van der Waals surface area contributed by atoms with E-state index < -0.39 is 5.91 Å². The molecule has 1 N–H and O–H groups in total. The van der Waals surface area contributed by atoms with E-state index in [9.17, 15) is 10.1 Å². The van der Waals surface area contributed by atoms with Crippen LogP contribution < -0.4 is 10.2 Å². The molecular formula is C21H18N4OS. The topological polar surface area (TPSA) is 69.0 Å². The molecular weight excluding hydrogens is 356 g/mol. The maximum Gasteiger partial charge on any atom is 0.268 e. The molecule has 2 aromatic carbocycles. The first kappa shape index (κ1) is 18.4. The quantitative estimate of drug-likeness (QED) is 0.530. The highest BCUT2D eigenvalue weighted by atomic mass is 32.1. The second kappa shape index (κ2) is 8.30. The lowest BCUT2D eigenvalue weighted by atomic mass is 10.1. The van der Waals surface area contributed by atoms with Crippen LogP contribution in [0.2, 0.25) is 0 Å². The van der Waals surface area contributed by atoms with E-state index in [2.05, 4.69) is 10.3 Å². The van der Waals surface area contributed by atoms with Crippen molar-refractivity contribution in [2.24, 2.45) is 0 Å². The first-order valence-electron chi connectivity index (χ1n) is 8.28. The number of hydrogen-bond donors (Lipinski definition) is 1. The maximum atomic E-state index is 12.4. The van der Waals surface area contributed by atoms with Crippen LogP contribution in [0, 0.1) is 11.3 Å². The van der Waals surface area contributed by atoms with Crippen LogP contribution in [0.3, 0.4) is 0 Å². The highest BCUT2D eigenvalue weighted by Crippen LogP contribution is 2.25. The Kier molecular flexibility index (Phi) is 5.64. The van der Waals surface area contributed by atoms with Crippen LogP contribution in [0.5, 0.6) is 0 Å². The van der Waals surface area contributed by atoms with Crippen LogP contribution in [-0.2, 0) is 4.79 Å². The van der Waals surface area contributed by atoms with Gasteiger partial charge in [0.25, 0.3) is 5.91 Å². The number of aromatic nitrogens is 1. The number of thiazole rings is 1. The smallest absolute Gasteiger partial charge is 0.268 e. The van der Waals surface area contributed by atoms with E-state index in [1.807, 2.05) is 85.0 Å². The normalized spacial score (nSPS) is 10.9. The van der Waals surface area contributed by atoms with E-state index in [0.29, 0.717) is 5.13 Å². The number of nitrogens with one attached hydrogen (secondary N) is 1. The van der Waals surface area contributed by atoms with Crippen LogP contribution in [-0.4, -0.2) is 25.0 Å². The maximum absolute atomic E-state index is 12.4. The van der Waals surface area contributed by atoms with Crippen molar-refractivity contribution in [3.05, 3.63) is 71.1 Å². The SMILES string of the molecule is CN(C)c1ccc(/C=C(/C#N)C(=O)Nc2nc(-c3ccccc3)cs2)cc1. The minimum Gasteiger partial charge on any atom is -0.378 e. The van der Waals surface area contributed by atoms with Crippen LogP contribution >= 0.6 is 11.3 Å². The number of nitriles is 1. The van der Waals surface area contributed by atoms with Gasteiger partial charge in [0, 0.05) is 30.7 Å². The third kappa shape index (κ3) is 4.60. The lowest BCUT2D eigenvalue weighted by Crippen LogP contribution is -2.13. The zero-order valence-electron chi connectivity index (χ0n) is 15.0. The Morgan fingerprint density at radius 2 is 1.85 bits per heavy atom. The largest absolute Gasteiger partial charge is 0.378 e. The number of amides is 1. The molecule has 0 radical (unpaired) electrons. The van der Waals surface area contributed by atoms with Gasteiger partial charge in [-0.2, -0.15) is 5.26 Å². The van der Waals surface area contributed by atoms with Gasteiger partial charge in [0.15, 0.2) is 5.13 Å². The fraction of sp³-hybridized carbons (Fsp3) is 0.0952. The van der Waals surface area contributed by atoms with Gasteiger partial charge < -0.3 is 4.90 Å². The number of anilines is 2. The molecule has 134 valence electrons. The van der Waals surface area contributed by atoms with Crippen molar-refractivity contribution < 1.29 is 4.79 Å². The zero-order valence-corrected chi connectivity index (χ0v) is 15.8. The summed E-state index contributed by atoms with van der Waals surface area (Å²) in [6.07, 6.45) is 1.57. The van der Waals surface area contributed by atoms with Gasteiger partial charge >= 0.3 is 0 Å². The fourth-order valence-electron chi connectivity index (χ4n) is 2.42. The second-order valence-electron chi connectivity index (χ2n) is 6.01. The number of nitrogens with zero attached hydrogens (tertiary/aromatic N) is 3. The number of benzene rings is 2. The molecule has 0 bridgehead atoms. The predicted octanol–water partition coefficient (Wildman–Crippen LogP) is 4.42. The zero-order chi connectivity index (χ0) is 19.2. The molecule has 1 heterocycles. The first-order chi connectivity index (χ1) is 13.1. The van der Waals surface area contributed by atoms with Crippen molar-refractivity contribution in [3.8, 4) is 17.3 Å². The minimum absolute atomic E-state index is 0.0315. The number of carbonyl (C=O) groups excluding carboxylic acids is 1. The molecule has 1 aromatic heterocycles. The molecule has 3 rings (SSSR count). The number of carbonyl (C=O) groups is 1. The van der Waals surface area contributed by atoms with E-state index in [-0.39, 0.29) is 5.57 Å². The summed E-state index contributed by atoms with van der Waals surface area (Å²) in [7, 11) is 3.91. The highest BCUT2D eigenvalue weighted by molar-refractivity contribution is 7.14. The summed E-state index contributed by atoms with van der Waals surface area (Å²) >= 11 is 1.33. The molecule has 0 saturated carbocycles. The molecule has 0 aliphatic rings. The first-order valence-corrected chi connectivity index (χ1v) is 9.16. The Morgan fingerprint density at radius 1 is 1.15 bits per heavy atom. The predicted molar refractivity (Wildman–Crippen MR) is 111 cm³/mol. The Bertz CT molecular complexity index is 999. The van der Waals surface area contributed by atoms with Gasteiger partial charge in [-0.3, -0.25) is 10.1 Å². The van der Waals surface area contributed by atoms with E-state index in [1.54, 1.807) is 6.08 Å². The lowest BCUT2D eigenvalue weighted by molar-refractivity contribution is -0.112. The average molecular weight is 374 g/mol. The molecule has 0 fully saturated rings. The van der Waals surface area contributed by atoms with Gasteiger partial charge in [0.05, 0.1) is 5.69 Å². The van der Waals surface area contributed by atoms with Crippen LogP contribution in [0.15, 0.2) is 65.6 Å². The van der Waals surface area contributed by atoms with Gasteiger partial charge in [-0.25, -0.2) is 4.98 Å². The Hall–Kier alpha value is -3.43. The van der Waals surface area contributed by atoms with Gasteiger partial charge in [-0.15, -0.1) is 11.3 Å². The van der Waals surface area contributed by atoms with Crippen molar-refractivity contribution in [1.82, 2.24) is 4.98 Å². The van der Waals surface area contributed by atoms with E-state index >= 15 is 0 Å². The molecule has 0 aliphatic heterocycles. The Labute approximate surface area is 162 Å². The van der Waals surface area contributed by atoms with Crippen molar-refractivity contribution in [2.45, 2.75) is 0 Å². The van der Waals surface area contributed by atoms with E-state index in [0.717, 1.165) is 22.5 Å². The standard InChI is InChI=1S/C21H18N4OS/c1-25(2)18-10-8-15(9-11-18)12-17(13-22)20(26)24-21-23-19(14-27-21)16-6-4-3-5-7-16/h3-12,14H,1-2H3,(H,23,24,26)/b17-12-. The molecule has 6 heteroatoms. The van der Waals surface area contributed by atoms with Gasteiger partial charge in [0.1, 0.15) is 11.6 Å². The molecule has 0 saturated heterocycles. The average Bonchev–Trinajstić information content (AvgIpc) is 3.15. The molecule has 3 aromatic rings. The van der Waals surface area contributed by atoms with E-state index in [1.165, 1.54) is 11.3 Å². The third-order valence-corrected chi connectivity index (χ3v) is 4.64. The minimum atomic E-state index is -0.469. The lowest BCUT2D eigenvalue weighted by Gasteiger charge is -2.11. The second-order valence-corrected chi connectivity index (χ2v) is 6.87. The molecule has 0 aliphatic carbocycles. The highest BCUT2D eigenvalue weighted by Gasteiger charge is 2.12. The summed E-state index contributed by atoms with van der Waals surface area (Å²) in [6.45, 7) is 0. The summed E-state index contributed by atoms with van der Waals surface area (Å²) in [5, 5.41) is 14.4. The van der Waals surface area contributed by atoms with Gasteiger partial charge in [-0.05, 0) is 23.8 Å². The molecule has 0 unspecified atom stereocenters. The third-order valence-electron chi connectivity index (χ3n) is 3.88. The van der Waals surface area contributed by atoms with Crippen LogP contribution in [0.25, 0.3) is 17.3 Å². The van der Waals surface area contributed by atoms with Crippen molar-refractivity contribution in [3.63, 3.8) is 0 Å². The summed E-state index contributed by atoms with van der Waals surface area (Å²) in [5.41, 5.74) is 3.63. The molecule has 5 nitrogen and oxygen atoms in total. The van der Waals surface area contributed by atoms with Crippen molar-refractivity contribution >= 4 is 34.1 Å². The number of rotatable bonds is 5. The Morgan fingerprint density at radius 3 is 2.48 bits per heavy atom.